The number of aliphatic hydroxyl groups is 1. The Morgan fingerprint density at radius 3 is 2.50 bits per heavy atom. The van der Waals surface area contributed by atoms with Crippen LogP contribution in [0.25, 0.3) is 21.6 Å². The third kappa shape index (κ3) is 5.07. The number of aromatic amines is 1. The van der Waals surface area contributed by atoms with E-state index in [-0.39, 0.29) is 18.8 Å². The van der Waals surface area contributed by atoms with E-state index in [1.165, 1.54) is 11.5 Å². The molecule has 0 spiro atoms. The van der Waals surface area contributed by atoms with E-state index in [1.807, 2.05) is 56.3 Å². The molecule has 0 amide bonds. The summed E-state index contributed by atoms with van der Waals surface area (Å²) in [6.45, 7) is 4.61. The maximum atomic E-state index is 11.3. The number of aliphatic hydroxyl groups excluding tert-OH is 1. The summed E-state index contributed by atoms with van der Waals surface area (Å²) in [5.41, 5.74) is 6.02. The van der Waals surface area contributed by atoms with Gasteiger partial charge in [0.05, 0.1) is 11.5 Å². The number of nitrogens with zero attached hydrogens (tertiary/aromatic N) is 1. The van der Waals surface area contributed by atoms with Gasteiger partial charge in [-0.25, -0.2) is 4.98 Å². The molecular formula is C25H24N2O4S. The van der Waals surface area contributed by atoms with Crippen LogP contribution < -0.4 is 15.0 Å². The van der Waals surface area contributed by atoms with Crippen molar-refractivity contribution in [2.45, 2.75) is 20.5 Å². The lowest BCUT2D eigenvalue weighted by Crippen LogP contribution is -2.05. The lowest BCUT2D eigenvalue weighted by atomic mass is 9.98. The largest absolute Gasteiger partial charge is 0.489 e. The van der Waals surface area contributed by atoms with Gasteiger partial charge in [0, 0.05) is 23.4 Å². The summed E-state index contributed by atoms with van der Waals surface area (Å²) in [6, 6.07) is 19.4. The first-order valence-corrected chi connectivity index (χ1v) is 11.1. The summed E-state index contributed by atoms with van der Waals surface area (Å²) in [7, 11) is 0. The van der Waals surface area contributed by atoms with E-state index in [2.05, 4.69) is 21.5 Å². The average molecular weight is 449 g/mol. The predicted molar refractivity (Wildman–Crippen MR) is 126 cm³/mol. The maximum Gasteiger partial charge on any atom is 0.258 e. The molecule has 0 bridgehead atoms. The van der Waals surface area contributed by atoms with E-state index in [1.54, 1.807) is 6.07 Å². The summed E-state index contributed by atoms with van der Waals surface area (Å²) in [6.07, 6.45) is 0. The summed E-state index contributed by atoms with van der Waals surface area (Å²) >= 11 is 1.32. The number of nitrogens with one attached hydrogen (secondary N) is 1. The lowest BCUT2D eigenvalue weighted by Gasteiger charge is -2.14. The number of pyridine rings is 1. The zero-order valence-corrected chi connectivity index (χ0v) is 18.7. The minimum Gasteiger partial charge on any atom is -0.489 e. The molecule has 164 valence electrons. The maximum absolute atomic E-state index is 11.3. The van der Waals surface area contributed by atoms with E-state index in [0.717, 1.165) is 44.1 Å². The molecule has 0 aliphatic heterocycles. The summed E-state index contributed by atoms with van der Waals surface area (Å²) in [4.78, 5) is 16.8. The second kappa shape index (κ2) is 9.80. The van der Waals surface area contributed by atoms with E-state index in [0.29, 0.717) is 12.5 Å². The molecule has 0 saturated carbocycles. The van der Waals surface area contributed by atoms with Gasteiger partial charge in [0.25, 0.3) is 5.56 Å². The first-order valence-electron chi connectivity index (χ1n) is 10.3. The van der Waals surface area contributed by atoms with Crippen LogP contribution in [0.2, 0.25) is 0 Å². The van der Waals surface area contributed by atoms with Gasteiger partial charge < -0.3 is 14.6 Å². The highest BCUT2D eigenvalue weighted by Gasteiger charge is 2.11. The van der Waals surface area contributed by atoms with Crippen molar-refractivity contribution in [3.8, 4) is 33.2 Å². The van der Waals surface area contributed by atoms with Gasteiger partial charge in [0.2, 0.25) is 5.88 Å². The highest BCUT2D eigenvalue weighted by Crippen LogP contribution is 2.30. The Hall–Kier alpha value is -3.42. The Bertz CT molecular complexity index is 1240. The van der Waals surface area contributed by atoms with Crippen LogP contribution in [-0.4, -0.2) is 27.7 Å². The zero-order valence-electron chi connectivity index (χ0n) is 17.9. The number of ether oxygens (including phenoxy) is 2. The Morgan fingerprint density at radius 2 is 1.81 bits per heavy atom. The minimum absolute atomic E-state index is 0.0417. The second-order valence-corrected chi connectivity index (χ2v) is 8.25. The molecule has 0 fully saturated rings. The molecule has 2 N–H and O–H groups in total. The van der Waals surface area contributed by atoms with Crippen LogP contribution in [0.3, 0.4) is 0 Å². The number of rotatable bonds is 8. The Morgan fingerprint density at radius 1 is 1.00 bits per heavy atom. The fourth-order valence-electron chi connectivity index (χ4n) is 3.58. The van der Waals surface area contributed by atoms with Crippen molar-refractivity contribution in [3.63, 3.8) is 0 Å². The van der Waals surface area contributed by atoms with Crippen LogP contribution in [0.5, 0.6) is 11.6 Å². The van der Waals surface area contributed by atoms with Crippen molar-refractivity contribution in [2.24, 2.45) is 0 Å². The summed E-state index contributed by atoms with van der Waals surface area (Å²) in [5.74, 6) is 1.29. The molecule has 4 rings (SSSR count). The van der Waals surface area contributed by atoms with Crippen LogP contribution in [-0.2, 0) is 6.61 Å². The molecule has 0 aliphatic rings. The quantitative estimate of drug-likeness (QED) is 0.407. The number of aromatic nitrogens is 2. The van der Waals surface area contributed by atoms with Gasteiger partial charge in [0.1, 0.15) is 19.0 Å². The van der Waals surface area contributed by atoms with Crippen LogP contribution in [0, 0.1) is 13.8 Å². The first kappa shape index (κ1) is 21.8. The van der Waals surface area contributed by atoms with Gasteiger partial charge in [-0.2, -0.15) is 0 Å². The van der Waals surface area contributed by atoms with Crippen molar-refractivity contribution in [1.82, 2.24) is 9.36 Å². The van der Waals surface area contributed by atoms with E-state index < -0.39 is 0 Å². The molecule has 4 aromatic rings. The van der Waals surface area contributed by atoms with Crippen molar-refractivity contribution in [3.05, 3.63) is 87.8 Å². The van der Waals surface area contributed by atoms with Crippen molar-refractivity contribution in [1.29, 1.82) is 0 Å². The molecule has 0 atom stereocenters. The van der Waals surface area contributed by atoms with Gasteiger partial charge in [-0.3, -0.25) is 9.17 Å². The Labute approximate surface area is 190 Å². The van der Waals surface area contributed by atoms with Gasteiger partial charge in [-0.1, -0.05) is 29.7 Å². The third-order valence-electron chi connectivity index (χ3n) is 5.00. The van der Waals surface area contributed by atoms with Crippen LogP contribution >= 0.6 is 11.5 Å². The predicted octanol–water partition coefficient (Wildman–Crippen LogP) is 4.73. The highest BCUT2D eigenvalue weighted by atomic mass is 32.1. The topological polar surface area (TPSA) is 84.4 Å². The van der Waals surface area contributed by atoms with Gasteiger partial charge in [-0.05, 0) is 66.4 Å². The van der Waals surface area contributed by atoms with E-state index >= 15 is 0 Å². The molecule has 6 nitrogen and oxygen atoms in total. The smallest absolute Gasteiger partial charge is 0.258 e. The Kier molecular flexibility index (Phi) is 6.68. The lowest BCUT2D eigenvalue weighted by molar-refractivity contribution is 0.196. The van der Waals surface area contributed by atoms with Gasteiger partial charge in [0.15, 0.2) is 0 Å². The van der Waals surface area contributed by atoms with Crippen molar-refractivity contribution >= 4 is 11.5 Å². The zero-order chi connectivity index (χ0) is 22.5. The van der Waals surface area contributed by atoms with E-state index in [9.17, 15) is 4.79 Å². The van der Waals surface area contributed by atoms with Gasteiger partial charge >= 0.3 is 0 Å². The minimum atomic E-state index is -0.0850. The van der Waals surface area contributed by atoms with Crippen LogP contribution in [0.4, 0.5) is 0 Å². The molecule has 2 aromatic carbocycles. The van der Waals surface area contributed by atoms with Gasteiger partial charge in [-0.15, -0.1) is 0 Å². The molecule has 7 heteroatoms. The molecular weight excluding hydrogens is 424 g/mol. The third-order valence-corrected chi connectivity index (χ3v) is 5.88. The first-order chi connectivity index (χ1) is 15.5. The fourth-order valence-corrected chi connectivity index (χ4v) is 4.27. The van der Waals surface area contributed by atoms with Crippen LogP contribution in [0.1, 0.15) is 16.8 Å². The average Bonchev–Trinajstić information content (AvgIpc) is 3.23. The highest BCUT2D eigenvalue weighted by molar-refractivity contribution is 7.09. The normalized spacial score (nSPS) is 10.8. The van der Waals surface area contributed by atoms with E-state index in [4.69, 9.17) is 14.6 Å². The number of hydrogen-bond donors (Lipinski definition) is 2. The van der Waals surface area contributed by atoms with Crippen molar-refractivity contribution < 1.29 is 14.6 Å². The fraction of sp³-hybridized carbons (Fsp3) is 0.200. The number of H-pyrrole nitrogens is 1. The molecule has 2 heterocycles. The standard InChI is InChI=1S/C25H24N2O4S/c1-16-12-24(30-11-10-28)26-17(2)25(16)20-5-3-4-18(13-20)15-31-21-8-6-19(7-9-21)22-14-23(29)27-32-22/h3-9,12-14,28H,10-11,15H2,1-2H3,(H,27,29). The number of aryl methyl sites for hydroxylation is 2. The summed E-state index contributed by atoms with van der Waals surface area (Å²) in [5, 5.41) is 8.95. The molecule has 0 radical (unpaired) electrons. The summed E-state index contributed by atoms with van der Waals surface area (Å²) < 4.78 is 14.1. The molecule has 32 heavy (non-hydrogen) atoms. The number of hydrogen-bond acceptors (Lipinski definition) is 6. The Balaban J connectivity index is 1.47. The number of benzene rings is 2. The molecule has 0 unspecified atom stereocenters. The molecule has 2 aromatic heterocycles. The van der Waals surface area contributed by atoms with Crippen molar-refractivity contribution in [2.75, 3.05) is 13.2 Å². The SMILES string of the molecule is Cc1cc(OCCO)nc(C)c1-c1cccc(COc2ccc(-c3cc(=O)[nH]s3)cc2)c1. The molecule has 0 aliphatic carbocycles. The second-order valence-electron chi connectivity index (χ2n) is 7.40. The monoisotopic (exact) mass is 448 g/mol. The van der Waals surface area contributed by atoms with Crippen LogP contribution in [0.15, 0.2) is 65.5 Å². The molecule has 0 saturated heterocycles.